The molecule has 0 aliphatic heterocycles. The Labute approximate surface area is 115 Å². The van der Waals surface area contributed by atoms with Gasteiger partial charge in [-0.05, 0) is 56.6 Å². The molecule has 5 rings (SSSR count). The molecule has 0 unspecified atom stereocenters. The number of nitrogens with zero attached hydrogens (tertiary/aromatic N) is 1. The number of benzene rings is 1. The van der Waals surface area contributed by atoms with Crippen LogP contribution in [-0.2, 0) is 5.41 Å². The van der Waals surface area contributed by atoms with E-state index in [9.17, 15) is 0 Å². The SMILES string of the molecule is Brc1cccc2[nH]nc(C34CCC(CC3)CC4)c12. The van der Waals surface area contributed by atoms with Gasteiger partial charge in [-0.3, -0.25) is 5.10 Å². The molecule has 1 heterocycles. The third kappa shape index (κ3) is 1.43. The van der Waals surface area contributed by atoms with E-state index in [1.54, 1.807) is 0 Å². The molecular formula is C15H17BrN2. The highest BCUT2D eigenvalue weighted by Crippen LogP contribution is 2.52. The molecule has 3 aliphatic carbocycles. The van der Waals surface area contributed by atoms with Gasteiger partial charge in [0, 0.05) is 15.3 Å². The van der Waals surface area contributed by atoms with Crippen molar-refractivity contribution in [2.24, 2.45) is 5.92 Å². The molecule has 3 fully saturated rings. The van der Waals surface area contributed by atoms with Crippen molar-refractivity contribution in [3.63, 3.8) is 0 Å². The van der Waals surface area contributed by atoms with Crippen LogP contribution in [0.1, 0.15) is 44.2 Å². The van der Waals surface area contributed by atoms with E-state index in [4.69, 9.17) is 5.10 Å². The Hall–Kier alpha value is -0.830. The summed E-state index contributed by atoms with van der Waals surface area (Å²) in [5, 5.41) is 9.23. The lowest BCUT2D eigenvalue weighted by atomic mass is 9.59. The third-order valence-electron chi connectivity index (χ3n) is 5.13. The van der Waals surface area contributed by atoms with Gasteiger partial charge >= 0.3 is 0 Å². The maximum Gasteiger partial charge on any atom is 0.0773 e. The van der Waals surface area contributed by atoms with Crippen LogP contribution in [0.2, 0.25) is 0 Å². The highest BCUT2D eigenvalue weighted by atomic mass is 79.9. The van der Waals surface area contributed by atoms with E-state index in [2.05, 4.69) is 39.2 Å². The van der Waals surface area contributed by atoms with Gasteiger partial charge in [0.25, 0.3) is 0 Å². The average molecular weight is 305 g/mol. The molecule has 3 aliphatic rings. The average Bonchev–Trinajstić information content (AvgIpc) is 2.87. The number of fused-ring (bicyclic) bond motifs is 4. The molecule has 1 aromatic heterocycles. The minimum Gasteiger partial charge on any atom is -0.277 e. The van der Waals surface area contributed by atoms with Crippen LogP contribution >= 0.6 is 15.9 Å². The second kappa shape index (κ2) is 3.83. The van der Waals surface area contributed by atoms with E-state index in [0.717, 1.165) is 5.92 Å². The first kappa shape index (κ1) is 11.0. The van der Waals surface area contributed by atoms with Crippen LogP contribution in [0.25, 0.3) is 10.9 Å². The number of halogens is 1. The van der Waals surface area contributed by atoms with Crippen LogP contribution in [0.5, 0.6) is 0 Å². The lowest BCUT2D eigenvalue weighted by Gasteiger charge is -2.45. The maximum atomic E-state index is 4.69. The van der Waals surface area contributed by atoms with E-state index in [1.807, 2.05) is 0 Å². The zero-order chi connectivity index (χ0) is 12.2. The topological polar surface area (TPSA) is 28.7 Å². The van der Waals surface area contributed by atoms with E-state index in [-0.39, 0.29) is 0 Å². The van der Waals surface area contributed by atoms with Crippen molar-refractivity contribution in [2.45, 2.75) is 43.9 Å². The third-order valence-corrected chi connectivity index (χ3v) is 5.80. The van der Waals surface area contributed by atoms with Gasteiger partial charge < -0.3 is 0 Å². The van der Waals surface area contributed by atoms with Crippen molar-refractivity contribution in [3.05, 3.63) is 28.4 Å². The lowest BCUT2D eigenvalue weighted by molar-refractivity contribution is 0.133. The van der Waals surface area contributed by atoms with Gasteiger partial charge in [-0.2, -0.15) is 5.10 Å². The van der Waals surface area contributed by atoms with Gasteiger partial charge in [0.05, 0.1) is 11.2 Å². The van der Waals surface area contributed by atoms with Crippen molar-refractivity contribution in [2.75, 3.05) is 0 Å². The molecule has 18 heavy (non-hydrogen) atoms. The van der Waals surface area contributed by atoms with Gasteiger partial charge in [-0.25, -0.2) is 0 Å². The summed E-state index contributed by atoms with van der Waals surface area (Å²) in [6, 6.07) is 6.33. The molecule has 2 bridgehead atoms. The maximum absolute atomic E-state index is 4.69. The predicted molar refractivity (Wildman–Crippen MR) is 76.7 cm³/mol. The number of rotatable bonds is 1. The fourth-order valence-corrected chi connectivity index (χ4v) is 4.57. The fourth-order valence-electron chi connectivity index (χ4n) is 4.02. The summed E-state index contributed by atoms with van der Waals surface area (Å²) in [4.78, 5) is 0. The lowest BCUT2D eigenvalue weighted by Crippen LogP contribution is -2.38. The molecular weight excluding hydrogens is 288 g/mol. The van der Waals surface area contributed by atoms with E-state index in [0.29, 0.717) is 5.41 Å². The Morgan fingerprint density at radius 1 is 1.17 bits per heavy atom. The molecule has 2 nitrogen and oxygen atoms in total. The van der Waals surface area contributed by atoms with E-state index < -0.39 is 0 Å². The van der Waals surface area contributed by atoms with E-state index in [1.165, 1.54) is 59.6 Å². The minimum absolute atomic E-state index is 0.358. The van der Waals surface area contributed by atoms with Crippen LogP contribution in [0.3, 0.4) is 0 Å². The molecule has 0 saturated heterocycles. The number of nitrogens with one attached hydrogen (secondary N) is 1. The van der Waals surface area contributed by atoms with Gasteiger partial charge in [-0.15, -0.1) is 0 Å². The van der Waals surface area contributed by atoms with Crippen molar-refractivity contribution in [1.29, 1.82) is 0 Å². The standard InChI is InChI=1S/C15H17BrN2/c16-11-2-1-3-12-13(11)14(18-17-12)15-7-4-10(5-8-15)6-9-15/h1-3,10H,4-9H2,(H,17,18). The van der Waals surface area contributed by atoms with Gasteiger partial charge in [0.15, 0.2) is 0 Å². The van der Waals surface area contributed by atoms with Gasteiger partial charge in [0.2, 0.25) is 0 Å². The zero-order valence-electron chi connectivity index (χ0n) is 10.4. The predicted octanol–water partition coefficient (Wildman–Crippen LogP) is 4.55. The van der Waals surface area contributed by atoms with Gasteiger partial charge in [-0.1, -0.05) is 22.0 Å². The minimum atomic E-state index is 0.358. The number of hydrogen-bond donors (Lipinski definition) is 1. The number of aromatic nitrogens is 2. The fraction of sp³-hybridized carbons (Fsp3) is 0.533. The number of H-pyrrole nitrogens is 1. The Bertz CT molecular complexity index is 580. The van der Waals surface area contributed by atoms with Crippen LogP contribution in [0, 0.1) is 5.92 Å². The number of aromatic amines is 1. The molecule has 1 aromatic carbocycles. The van der Waals surface area contributed by atoms with Crippen LogP contribution < -0.4 is 0 Å². The molecule has 0 spiro atoms. The van der Waals surface area contributed by atoms with E-state index >= 15 is 0 Å². The molecule has 2 aromatic rings. The Kier molecular flexibility index (Phi) is 2.35. The van der Waals surface area contributed by atoms with Crippen molar-refractivity contribution < 1.29 is 0 Å². The molecule has 0 amide bonds. The second-order valence-corrected chi connectivity index (χ2v) is 6.85. The summed E-state index contributed by atoms with van der Waals surface area (Å²) >= 11 is 3.70. The molecule has 0 radical (unpaired) electrons. The first-order valence-corrected chi connectivity index (χ1v) is 7.71. The molecule has 3 heteroatoms. The normalized spacial score (nSPS) is 31.1. The molecule has 3 saturated carbocycles. The second-order valence-electron chi connectivity index (χ2n) is 6.00. The highest BCUT2D eigenvalue weighted by molar-refractivity contribution is 9.10. The number of hydrogen-bond acceptors (Lipinski definition) is 1. The van der Waals surface area contributed by atoms with Crippen molar-refractivity contribution in [1.82, 2.24) is 10.2 Å². The summed E-state index contributed by atoms with van der Waals surface area (Å²) in [5.74, 6) is 1.00. The highest BCUT2D eigenvalue weighted by Gasteiger charge is 2.44. The van der Waals surface area contributed by atoms with Crippen LogP contribution in [0.4, 0.5) is 0 Å². The van der Waals surface area contributed by atoms with Crippen molar-refractivity contribution in [3.8, 4) is 0 Å². The molecule has 94 valence electrons. The Morgan fingerprint density at radius 2 is 1.89 bits per heavy atom. The first-order valence-electron chi connectivity index (χ1n) is 6.92. The van der Waals surface area contributed by atoms with Crippen LogP contribution in [0.15, 0.2) is 22.7 Å². The Balaban J connectivity index is 1.91. The smallest absolute Gasteiger partial charge is 0.0773 e. The molecule has 1 N–H and O–H groups in total. The largest absolute Gasteiger partial charge is 0.277 e. The monoisotopic (exact) mass is 304 g/mol. The first-order chi connectivity index (χ1) is 8.78. The Morgan fingerprint density at radius 3 is 2.61 bits per heavy atom. The molecule has 0 atom stereocenters. The van der Waals surface area contributed by atoms with Gasteiger partial charge in [0.1, 0.15) is 0 Å². The summed E-state index contributed by atoms with van der Waals surface area (Å²) in [5.41, 5.74) is 2.85. The summed E-state index contributed by atoms with van der Waals surface area (Å²) < 4.78 is 1.19. The quantitative estimate of drug-likeness (QED) is 0.823. The van der Waals surface area contributed by atoms with Crippen molar-refractivity contribution >= 4 is 26.8 Å². The van der Waals surface area contributed by atoms with Crippen LogP contribution in [-0.4, -0.2) is 10.2 Å². The zero-order valence-corrected chi connectivity index (χ0v) is 12.0. The summed E-state index contributed by atoms with van der Waals surface area (Å²) in [6.07, 6.45) is 8.20. The summed E-state index contributed by atoms with van der Waals surface area (Å²) in [7, 11) is 0. The summed E-state index contributed by atoms with van der Waals surface area (Å²) in [6.45, 7) is 0.